The molecule has 1 saturated heterocycles. The largest absolute Gasteiger partial charge is 0.312 e. The van der Waals surface area contributed by atoms with Crippen LogP contribution in [-0.4, -0.2) is 28.3 Å². The monoisotopic (exact) mass is 332 g/mol. The second-order valence-corrected chi connectivity index (χ2v) is 5.90. The smallest absolute Gasteiger partial charge is 0.269 e. The van der Waals surface area contributed by atoms with Crippen molar-refractivity contribution in [2.75, 3.05) is 16.8 Å². The number of benzene rings is 1. The number of hydrogen-bond donors (Lipinski definition) is 1. The molecule has 1 aliphatic rings. The molecular weight excluding hydrogens is 320 g/mol. The van der Waals surface area contributed by atoms with E-state index in [-0.39, 0.29) is 30.5 Å². The number of nitro benzene ring substituents is 1. The molecule has 0 radical (unpaired) electrons. The molecule has 1 aromatic heterocycles. The SMILES string of the molecule is O=C(Nc1nccs1)[C@H]1CC(=O)N(c2ccc([N+](=O)[O-])cc2)C1. The minimum atomic E-state index is -0.500. The quantitative estimate of drug-likeness (QED) is 0.681. The molecular formula is C14H12N4O4S. The lowest BCUT2D eigenvalue weighted by atomic mass is 10.1. The third kappa shape index (κ3) is 3.19. The minimum Gasteiger partial charge on any atom is -0.312 e. The van der Waals surface area contributed by atoms with Crippen LogP contribution in [0.25, 0.3) is 0 Å². The topological polar surface area (TPSA) is 105 Å². The second-order valence-electron chi connectivity index (χ2n) is 5.01. The van der Waals surface area contributed by atoms with E-state index in [4.69, 9.17) is 0 Å². The van der Waals surface area contributed by atoms with Crippen molar-refractivity contribution in [2.45, 2.75) is 6.42 Å². The number of carbonyl (C=O) groups excluding carboxylic acids is 2. The summed E-state index contributed by atoms with van der Waals surface area (Å²) in [7, 11) is 0. The maximum Gasteiger partial charge on any atom is 0.269 e. The van der Waals surface area contributed by atoms with Gasteiger partial charge in [0.2, 0.25) is 11.8 Å². The van der Waals surface area contributed by atoms with Gasteiger partial charge in [0.1, 0.15) is 0 Å². The maximum absolute atomic E-state index is 12.2. The van der Waals surface area contributed by atoms with E-state index >= 15 is 0 Å². The van der Waals surface area contributed by atoms with Crippen molar-refractivity contribution in [1.29, 1.82) is 0 Å². The molecule has 23 heavy (non-hydrogen) atoms. The molecule has 2 aromatic rings. The summed E-state index contributed by atoms with van der Waals surface area (Å²) in [4.78, 5) is 39.9. The zero-order valence-corrected chi connectivity index (χ0v) is 12.7. The third-order valence-corrected chi connectivity index (χ3v) is 4.22. The van der Waals surface area contributed by atoms with Gasteiger partial charge >= 0.3 is 0 Å². The Morgan fingerprint density at radius 1 is 1.39 bits per heavy atom. The van der Waals surface area contributed by atoms with Gasteiger partial charge in [-0.1, -0.05) is 0 Å². The van der Waals surface area contributed by atoms with E-state index in [0.717, 1.165) is 0 Å². The van der Waals surface area contributed by atoms with Crippen LogP contribution in [0, 0.1) is 16.0 Å². The average molecular weight is 332 g/mol. The number of nitrogens with one attached hydrogen (secondary N) is 1. The van der Waals surface area contributed by atoms with Gasteiger partial charge in [-0.2, -0.15) is 0 Å². The molecule has 0 aliphatic carbocycles. The molecule has 9 heteroatoms. The fourth-order valence-electron chi connectivity index (χ4n) is 2.38. The molecule has 0 saturated carbocycles. The molecule has 1 aromatic carbocycles. The Kier molecular flexibility index (Phi) is 4.02. The lowest BCUT2D eigenvalue weighted by Gasteiger charge is -2.16. The van der Waals surface area contributed by atoms with Crippen LogP contribution in [0.1, 0.15) is 6.42 Å². The zero-order valence-electron chi connectivity index (χ0n) is 11.8. The summed E-state index contributed by atoms with van der Waals surface area (Å²) >= 11 is 1.31. The van der Waals surface area contributed by atoms with Crippen LogP contribution >= 0.6 is 11.3 Å². The minimum absolute atomic E-state index is 0.0431. The molecule has 1 aliphatic heterocycles. The van der Waals surface area contributed by atoms with Crippen LogP contribution in [-0.2, 0) is 9.59 Å². The number of anilines is 2. The van der Waals surface area contributed by atoms with Gasteiger partial charge in [0.25, 0.3) is 5.69 Å². The van der Waals surface area contributed by atoms with Crippen molar-refractivity contribution < 1.29 is 14.5 Å². The highest BCUT2D eigenvalue weighted by Crippen LogP contribution is 2.27. The van der Waals surface area contributed by atoms with Crippen LogP contribution in [0.15, 0.2) is 35.8 Å². The van der Waals surface area contributed by atoms with Crippen LogP contribution in [0.4, 0.5) is 16.5 Å². The first-order valence-corrected chi connectivity index (χ1v) is 7.68. The van der Waals surface area contributed by atoms with E-state index in [2.05, 4.69) is 10.3 Å². The normalized spacial score (nSPS) is 17.3. The number of nitro groups is 1. The number of rotatable bonds is 4. The highest BCUT2D eigenvalue weighted by Gasteiger charge is 2.35. The number of thiazole rings is 1. The van der Waals surface area contributed by atoms with E-state index in [1.54, 1.807) is 11.6 Å². The van der Waals surface area contributed by atoms with Gasteiger partial charge in [0.15, 0.2) is 5.13 Å². The van der Waals surface area contributed by atoms with Gasteiger partial charge in [-0.25, -0.2) is 4.98 Å². The van der Waals surface area contributed by atoms with Gasteiger partial charge < -0.3 is 10.2 Å². The molecule has 1 N–H and O–H groups in total. The first-order chi connectivity index (χ1) is 11.0. The molecule has 2 heterocycles. The molecule has 3 rings (SSSR count). The van der Waals surface area contributed by atoms with Crippen molar-refractivity contribution in [3.05, 3.63) is 46.0 Å². The number of nitrogens with zero attached hydrogens (tertiary/aromatic N) is 3. The Morgan fingerprint density at radius 3 is 2.74 bits per heavy atom. The lowest BCUT2D eigenvalue weighted by molar-refractivity contribution is -0.384. The zero-order chi connectivity index (χ0) is 16.4. The molecule has 0 bridgehead atoms. The molecule has 0 spiro atoms. The van der Waals surface area contributed by atoms with Crippen molar-refractivity contribution in [3.63, 3.8) is 0 Å². The second kappa shape index (κ2) is 6.13. The summed E-state index contributed by atoms with van der Waals surface area (Å²) < 4.78 is 0. The fraction of sp³-hybridized carbons (Fsp3) is 0.214. The summed E-state index contributed by atoms with van der Waals surface area (Å²) in [5.74, 6) is -0.905. The van der Waals surface area contributed by atoms with Gasteiger partial charge in [-0.05, 0) is 12.1 Å². The molecule has 2 amide bonds. The van der Waals surface area contributed by atoms with Crippen molar-refractivity contribution in [2.24, 2.45) is 5.92 Å². The highest BCUT2D eigenvalue weighted by atomic mass is 32.1. The molecule has 1 fully saturated rings. The Hall–Kier alpha value is -2.81. The number of hydrogen-bond acceptors (Lipinski definition) is 6. The van der Waals surface area contributed by atoms with E-state index < -0.39 is 10.8 Å². The van der Waals surface area contributed by atoms with Crippen LogP contribution < -0.4 is 10.2 Å². The summed E-state index contributed by atoms with van der Waals surface area (Å²) in [5, 5.41) is 15.6. The Balaban J connectivity index is 1.69. The first-order valence-electron chi connectivity index (χ1n) is 6.80. The van der Waals surface area contributed by atoms with E-state index in [1.807, 2.05) is 0 Å². The van der Waals surface area contributed by atoms with E-state index in [0.29, 0.717) is 10.8 Å². The summed E-state index contributed by atoms with van der Waals surface area (Å²) in [5.41, 5.74) is 0.503. The fourth-order valence-corrected chi connectivity index (χ4v) is 2.91. The van der Waals surface area contributed by atoms with Crippen molar-refractivity contribution in [1.82, 2.24) is 4.98 Å². The molecule has 1 atom stereocenters. The van der Waals surface area contributed by atoms with Gasteiger partial charge in [-0.15, -0.1) is 11.3 Å². The van der Waals surface area contributed by atoms with E-state index in [1.165, 1.54) is 40.5 Å². The van der Waals surface area contributed by atoms with Gasteiger partial charge in [0.05, 0.1) is 10.8 Å². The number of non-ortho nitro benzene ring substituents is 1. The summed E-state index contributed by atoms with van der Waals surface area (Å²) in [6, 6.07) is 5.70. The molecule has 8 nitrogen and oxygen atoms in total. The van der Waals surface area contributed by atoms with Crippen molar-refractivity contribution >= 4 is 39.7 Å². The summed E-state index contributed by atoms with van der Waals surface area (Å²) in [6.45, 7) is 0.244. The van der Waals surface area contributed by atoms with Crippen LogP contribution in [0.2, 0.25) is 0 Å². The predicted octanol–water partition coefficient (Wildman–Crippen LogP) is 2.04. The number of aromatic nitrogens is 1. The molecule has 118 valence electrons. The van der Waals surface area contributed by atoms with Crippen molar-refractivity contribution in [3.8, 4) is 0 Å². The highest BCUT2D eigenvalue weighted by molar-refractivity contribution is 7.13. The average Bonchev–Trinajstić information content (AvgIpc) is 3.17. The van der Waals surface area contributed by atoms with Crippen LogP contribution in [0.5, 0.6) is 0 Å². The standard InChI is InChI=1S/C14H12N4O4S/c19-12-7-9(13(20)16-14-15-5-6-23-14)8-17(12)10-1-3-11(4-2-10)18(21)22/h1-6,9H,7-8H2,(H,15,16,20)/t9-/m0/s1. The maximum atomic E-state index is 12.2. The predicted molar refractivity (Wildman–Crippen MR) is 84.3 cm³/mol. The third-order valence-electron chi connectivity index (χ3n) is 3.53. The molecule has 0 unspecified atom stereocenters. The summed E-state index contributed by atoms with van der Waals surface area (Å²) in [6.07, 6.45) is 1.69. The number of carbonyl (C=O) groups is 2. The Bertz CT molecular complexity index is 745. The van der Waals surface area contributed by atoms with Gasteiger partial charge in [-0.3, -0.25) is 19.7 Å². The Morgan fingerprint density at radius 2 is 2.13 bits per heavy atom. The first kappa shape index (κ1) is 15.1. The Labute approximate surface area is 134 Å². The van der Waals surface area contributed by atoms with Gasteiger partial charge in [0, 0.05) is 42.4 Å². The number of amides is 2. The lowest BCUT2D eigenvalue weighted by Crippen LogP contribution is -2.28. The van der Waals surface area contributed by atoms with E-state index in [9.17, 15) is 19.7 Å². The van der Waals surface area contributed by atoms with Crippen LogP contribution in [0.3, 0.4) is 0 Å².